The van der Waals surface area contributed by atoms with E-state index in [9.17, 15) is 4.79 Å². The van der Waals surface area contributed by atoms with Gasteiger partial charge in [-0.05, 0) is 12.1 Å². The van der Waals surface area contributed by atoms with E-state index >= 15 is 0 Å². The van der Waals surface area contributed by atoms with Gasteiger partial charge in [0.15, 0.2) is 5.65 Å². The van der Waals surface area contributed by atoms with Crippen LogP contribution in [-0.4, -0.2) is 26.0 Å². The Bertz CT molecular complexity index is 984. The number of pyridine rings is 1. The first-order valence-electron chi connectivity index (χ1n) is 6.28. The van der Waals surface area contributed by atoms with E-state index in [0.717, 1.165) is 16.5 Å². The van der Waals surface area contributed by atoms with Gasteiger partial charge in [-0.2, -0.15) is 0 Å². The van der Waals surface area contributed by atoms with Crippen LogP contribution in [0.5, 0.6) is 0 Å². The number of carbonyl (C=O) groups is 1. The molecule has 102 valence electrons. The normalized spacial score (nSPS) is 11.2. The maximum absolute atomic E-state index is 11.0. The Kier molecular flexibility index (Phi) is 2.32. The molecule has 1 aromatic carbocycles. The zero-order chi connectivity index (χ0) is 14.4. The maximum atomic E-state index is 11.0. The Morgan fingerprint density at radius 2 is 2.14 bits per heavy atom. The number of para-hydroxylation sites is 1. The van der Waals surface area contributed by atoms with Gasteiger partial charge < -0.3 is 14.5 Å². The molecule has 4 rings (SSSR count). The number of carboxylic acid groups (broad SMARTS) is 1. The molecule has 0 radical (unpaired) electrons. The number of hydrogen-bond donors (Lipinski definition) is 2. The van der Waals surface area contributed by atoms with E-state index in [0.29, 0.717) is 17.0 Å². The molecule has 0 fully saturated rings. The summed E-state index contributed by atoms with van der Waals surface area (Å²) in [6.07, 6.45) is 2.92. The predicted molar refractivity (Wildman–Crippen MR) is 76.1 cm³/mol. The number of H-pyrrole nitrogens is 1. The first kappa shape index (κ1) is 11.7. The molecule has 0 saturated carbocycles. The molecule has 6 heteroatoms. The first-order chi connectivity index (χ1) is 10.2. The molecule has 0 aliphatic carbocycles. The molecule has 0 atom stereocenters. The van der Waals surface area contributed by atoms with E-state index in [2.05, 4.69) is 15.0 Å². The summed E-state index contributed by atoms with van der Waals surface area (Å²) < 4.78 is 5.49. The number of rotatable bonds is 2. The van der Waals surface area contributed by atoms with Crippen LogP contribution in [0.15, 0.2) is 47.2 Å². The quantitative estimate of drug-likeness (QED) is 0.588. The SMILES string of the molecule is O=C(O)c1cnc2nc(-c3coc4ccccc34)[nH]c2c1. The highest BCUT2D eigenvalue weighted by Crippen LogP contribution is 2.29. The summed E-state index contributed by atoms with van der Waals surface area (Å²) in [6.45, 7) is 0. The molecular weight excluding hydrogens is 270 g/mol. The maximum Gasteiger partial charge on any atom is 0.337 e. The second-order valence-electron chi connectivity index (χ2n) is 4.63. The number of fused-ring (bicyclic) bond motifs is 2. The molecule has 0 aliphatic rings. The predicted octanol–water partition coefficient (Wildman–Crippen LogP) is 3.07. The van der Waals surface area contributed by atoms with E-state index < -0.39 is 5.97 Å². The van der Waals surface area contributed by atoms with Crippen molar-refractivity contribution >= 4 is 28.1 Å². The van der Waals surface area contributed by atoms with Crippen LogP contribution in [-0.2, 0) is 0 Å². The van der Waals surface area contributed by atoms with E-state index in [1.807, 2.05) is 24.3 Å². The van der Waals surface area contributed by atoms with Crippen molar-refractivity contribution in [1.82, 2.24) is 15.0 Å². The molecule has 3 aromatic heterocycles. The van der Waals surface area contributed by atoms with Gasteiger partial charge in [-0.3, -0.25) is 0 Å². The molecular formula is C15H9N3O3. The Labute approximate surface area is 118 Å². The van der Waals surface area contributed by atoms with E-state index in [-0.39, 0.29) is 5.56 Å². The van der Waals surface area contributed by atoms with Crippen molar-refractivity contribution in [3.8, 4) is 11.4 Å². The average Bonchev–Trinajstić information content (AvgIpc) is 3.09. The van der Waals surface area contributed by atoms with Gasteiger partial charge in [-0.15, -0.1) is 0 Å². The molecule has 0 saturated heterocycles. The molecule has 0 amide bonds. The zero-order valence-electron chi connectivity index (χ0n) is 10.7. The fourth-order valence-corrected chi connectivity index (χ4v) is 2.31. The number of aromatic amines is 1. The van der Waals surface area contributed by atoms with Crippen molar-refractivity contribution in [3.63, 3.8) is 0 Å². The van der Waals surface area contributed by atoms with Gasteiger partial charge in [0.05, 0.1) is 16.6 Å². The fraction of sp³-hybridized carbons (Fsp3) is 0. The molecule has 6 nitrogen and oxygen atoms in total. The lowest BCUT2D eigenvalue weighted by molar-refractivity contribution is 0.0696. The van der Waals surface area contributed by atoms with Crippen molar-refractivity contribution in [1.29, 1.82) is 0 Å². The summed E-state index contributed by atoms with van der Waals surface area (Å²) in [6, 6.07) is 9.16. The minimum absolute atomic E-state index is 0.120. The van der Waals surface area contributed by atoms with Gasteiger partial charge in [0, 0.05) is 11.6 Å². The van der Waals surface area contributed by atoms with Gasteiger partial charge in [-0.1, -0.05) is 18.2 Å². The number of furan rings is 1. The monoisotopic (exact) mass is 279 g/mol. The Morgan fingerprint density at radius 1 is 1.29 bits per heavy atom. The van der Waals surface area contributed by atoms with Crippen LogP contribution in [0.3, 0.4) is 0 Å². The van der Waals surface area contributed by atoms with Gasteiger partial charge in [-0.25, -0.2) is 14.8 Å². The topological polar surface area (TPSA) is 92.0 Å². The van der Waals surface area contributed by atoms with E-state index in [1.165, 1.54) is 12.3 Å². The highest BCUT2D eigenvalue weighted by molar-refractivity contribution is 5.95. The van der Waals surface area contributed by atoms with Gasteiger partial charge >= 0.3 is 5.97 Å². The minimum Gasteiger partial charge on any atom is -0.478 e. The fourth-order valence-electron chi connectivity index (χ4n) is 2.31. The lowest BCUT2D eigenvalue weighted by atomic mass is 10.2. The summed E-state index contributed by atoms with van der Waals surface area (Å²) >= 11 is 0. The third-order valence-electron chi connectivity index (χ3n) is 3.32. The van der Waals surface area contributed by atoms with Gasteiger partial charge in [0.25, 0.3) is 0 Å². The standard InChI is InChI=1S/C15H9N3O3/c19-15(20)8-5-11-14(16-6-8)18-13(17-11)10-7-21-12-4-2-1-3-9(10)12/h1-7H,(H,19,20)(H,16,17,18). The van der Waals surface area contributed by atoms with Crippen LogP contribution in [0.4, 0.5) is 0 Å². The van der Waals surface area contributed by atoms with Gasteiger partial charge in [0.1, 0.15) is 17.7 Å². The van der Waals surface area contributed by atoms with Crippen LogP contribution in [0.25, 0.3) is 33.5 Å². The van der Waals surface area contributed by atoms with Crippen molar-refractivity contribution in [2.45, 2.75) is 0 Å². The average molecular weight is 279 g/mol. The third kappa shape index (κ3) is 1.77. The third-order valence-corrected chi connectivity index (χ3v) is 3.32. The molecule has 0 unspecified atom stereocenters. The summed E-state index contributed by atoms with van der Waals surface area (Å²) in [4.78, 5) is 22.5. The summed E-state index contributed by atoms with van der Waals surface area (Å²) in [5.41, 5.74) is 2.76. The first-order valence-corrected chi connectivity index (χ1v) is 6.28. The van der Waals surface area contributed by atoms with Crippen molar-refractivity contribution in [2.24, 2.45) is 0 Å². The van der Waals surface area contributed by atoms with Crippen molar-refractivity contribution < 1.29 is 14.3 Å². The number of carboxylic acids is 1. The van der Waals surface area contributed by atoms with E-state index in [4.69, 9.17) is 9.52 Å². The summed E-state index contributed by atoms with van der Waals surface area (Å²) in [7, 11) is 0. The number of nitrogens with one attached hydrogen (secondary N) is 1. The highest BCUT2D eigenvalue weighted by atomic mass is 16.4. The second kappa shape index (κ2) is 4.17. The lowest BCUT2D eigenvalue weighted by Gasteiger charge is -1.92. The number of imidazole rings is 1. The molecule has 2 N–H and O–H groups in total. The van der Waals surface area contributed by atoms with Crippen LogP contribution in [0.2, 0.25) is 0 Å². The Morgan fingerprint density at radius 3 is 3.00 bits per heavy atom. The Balaban J connectivity index is 1.92. The number of nitrogens with zero attached hydrogens (tertiary/aromatic N) is 2. The minimum atomic E-state index is -1.02. The van der Waals surface area contributed by atoms with Crippen LogP contribution in [0, 0.1) is 0 Å². The number of benzene rings is 1. The number of aromatic carboxylic acids is 1. The number of hydrogen-bond acceptors (Lipinski definition) is 4. The smallest absolute Gasteiger partial charge is 0.337 e. The lowest BCUT2D eigenvalue weighted by Crippen LogP contribution is -1.96. The largest absolute Gasteiger partial charge is 0.478 e. The molecule has 4 aromatic rings. The summed E-state index contributed by atoms with van der Waals surface area (Å²) in [5.74, 6) is -0.417. The molecule has 0 spiro atoms. The highest BCUT2D eigenvalue weighted by Gasteiger charge is 2.13. The molecule has 21 heavy (non-hydrogen) atoms. The van der Waals surface area contributed by atoms with E-state index in [1.54, 1.807) is 6.26 Å². The van der Waals surface area contributed by atoms with Crippen molar-refractivity contribution in [2.75, 3.05) is 0 Å². The molecule has 0 bridgehead atoms. The second-order valence-corrected chi connectivity index (χ2v) is 4.63. The summed E-state index contributed by atoms with van der Waals surface area (Å²) in [5, 5.41) is 9.93. The van der Waals surface area contributed by atoms with Gasteiger partial charge in [0.2, 0.25) is 0 Å². The van der Waals surface area contributed by atoms with Crippen LogP contribution in [0.1, 0.15) is 10.4 Å². The van der Waals surface area contributed by atoms with Crippen LogP contribution < -0.4 is 0 Å². The van der Waals surface area contributed by atoms with Crippen molar-refractivity contribution in [3.05, 3.63) is 48.4 Å². The Hall–Kier alpha value is -3.15. The number of aromatic nitrogens is 3. The molecule has 0 aliphatic heterocycles. The van der Waals surface area contributed by atoms with Crippen LogP contribution >= 0.6 is 0 Å². The molecule has 3 heterocycles. The zero-order valence-corrected chi connectivity index (χ0v) is 10.7.